The van der Waals surface area contributed by atoms with Gasteiger partial charge in [0, 0.05) is 28.8 Å². The van der Waals surface area contributed by atoms with Crippen molar-refractivity contribution in [2.45, 2.75) is 43.9 Å². The van der Waals surface area contributed by atoms with Crippen molar-refractivity contribution in [1.82, 2.24) is 10.5 Å². The number of carbonyl (C=O) groups is 1. The zero-order valence-corrected chi connectivity index (χ0v) is 15.8. The second-order valence-electron chi connectivity index (χ2n) is 5.61. The van der Waals surface area contributed by atoms with Crippen LogP contribution < -0.4 is 11.1 Å². The number of hydrogen-bond acceptors (Lipinski definition) is 5. The Labute approximate surface area is 153 Å². The van der Waals surface area contributed by atoms with Crippen LogP contribution in [-0.4, -0.2) is 23.7 Å². The van der Waals surface area contributed by atoms with E-state index in [4.69, 9.17) is 10.3 Å². The van der Waals surface area contributed by atoms with E-state index in [0.717, 1.165) is 34.1 Å². The summed E-state index contributed by atoms with van der Waals surface area (Å²) in [6.07, 6.45) is 0.764. The van der Waals surface area contributed by atoms with Crippen molar-refractivity contribution in [2.24, 2.45) is 5.73 Å². The fourth-order valence-corrected chi connectivity index (χ4v) is 3.35. The number of halogens is 1. The molecular weight excluding hydrogens is 346 g/mol. The van der Waals surface area contributed by atoms with Gasteiger partial charge in [0.2, 0.25) is 0 Å². The van der Waals surface area contributed by atoms with Crippen molar-refractivity contribution in [3.05, 3.63) is 46.8 Å². The van der Waals surface area contributed by atoms with Crippen molar-refractivity contribution in [1.29, 1.82) is 0 Å². The molecule has 5 nitrogen and oxygen atoms in total. The third-order valence-corrected chi connectivity index (χ3v) is 4.67. The molecule has 2 rings (SSSR count). The third kappa shape index (κ3) is 5.54. The highest BCUT2D eigenvalue weighted by atomic mass is 35.5. The Kier molecular flexibility index (Phi) is 8.31. The van der Waals surface area contributed by atoms with Crippen LogP contribution in [0.4, 0.5) is 0 Å². The molecule has 0 fully saturated rings. The summed E-state index contributed by atoms with van der Waals surface area (Å²) in [6.45, 7) is 6.35. The fourth-order valence-electron chi connectivity index (χ4n) is 2.15. The largest absolute Gasteiger partial charge is 0.361 e. The highest BCUT2D eigenvalue weighted by molar-refractivity contribution is 7.98. The van der Waals surface area contributed by atoms with Crippen LogP contribution in [0.3, 0.4) is 0 Å². The molecule has 24 heavy (non-hydrogen) atoms. The van der Waals surface area contributed by atoms with Crippen molar-refractivity contribution in [2.75, 3.05) is 6.54 Å². The molecule has 0 aliphatic rings. The summed E-state index contributed by atoms with van der Waals surface area (Å²) in [6, 6.07) is 7.70. The summed E-state index contributed by atoms with van der Waals surface area (Å²) in [4.78, 5) is 13.3. The molecule has 0 spiro atoms. The maximum Gasteiger partial charge on any atom is 0.252 e. The zero-order chi connectivity index (χ0) is 16.8. The maximum absolute atomic E-state index is 12.3. The van der Waals surface area contributed by atoms with Crippen LogP contribution in [0, 0.1) is 13.8 Å². The van der Waals surface area contributed by atoms with Crippen molar-refractivity contribution >= 4 is 30.1 Å². The van der Waals surface area contributed by atoms with Gasteiger partial charge >= 0.3 is 0 Å². The molecule has 2 aromatic rings. The summed E-state index contributed by atoms with van der Waals surface area (Å²) in [5.41, 5.74) is 8.38. The number of nitrogens with one attached hydrogen (secondary N) is 1. The minimum absolute atomic E-state index is 0. The third-order valence-electron chi connectivity index (χ3n) is 3.57. The SMILES string of the molecule is Cc1noc(C)c1CSc1ccccc1C(=O)NCCC(C)N.Cl. The molecule has 132 valence electrons. The number of hydrogen-bond donors (Lipinski definition) is 2. The van der Waals surface area contributed by atoms with Crippen LogP contribution in [0.1, 0.15) is 40.7 Å². The number of rotatable bonds is 7. The number of thioether (sulfide) groups is 1. The first-order valence-corrected chi connectivity index (χ1v) is 8.65. The van der Waals surface area contributed by atoms with Gasteiger partial charge in [0.1, 0.15) is 5.76 Å². The Balaban J connectivity index is 0.00000288. The normalized spacial score (nSPS) is 11.7. The lowest BCUT2D eigenvalue weighted by molar-refractivity contribution is 0.0950. The standard InChI is InChI=1S/C17H23N3O2S.ClH/c1-11(18)8-9-19-17(21)14-6-4-5-7-16(14)23-10-15-12(2)20-22-13(15)3;/h4-7,11H,8-10,18H2,1-3H3,(H,19,21);1H. The summed E-state index contributed by atoms with van der Waals surface area (Å²) < 4.78 is 5.18. The van der Waals surface area contributed by atoms with Crippen LogP contribution in [-0.2, 0) is 5.75 Å². The molecule has 1 heterocycles. The quantitative estimate of drug-likeness (QED) is 0.730. The van der Waals surface area contributed by atoms with Gasteiger partial charge in [0.25, 0.3) is 5.91 Å². The molecule has 1 aromatic carbocycles. The molecule has 0 saturated carbocycles. The molecule has 3 N–H and O–H groups in total. The molecular formula is C17H24ClN3O2S. The fraction of sp³-hybridized carbons (Fsp3) is 0.412. The van der Waals surface area contributed by atoms with Gasteiger partial charge in [-0.25, -0.2) is 0 Å². The zero-order valence-electron chi connectivity index (χ0n) is 14.2. The van der Waals surface area contributed by atoms with Crippen LogP contribution in [0.15, 0.2) is 33.7 Å². The molecule has 1 amide bonds. The number of nitrogens with zero attached hydrogens (tertiary/aromatic N) is 1. The van der Waals surface area contributed by atoms with E-state index >= 15 is 0 Å². The minimum Gasteiger partial charge on any atom is -0.361 e. The van der Waals surface area contributed by atoms with Crippen LogP contribution in [0.25, 0.3) is 0 Å². The van der Waals surface area contributed by atoms with Gasteiger partial charge in [0.15, 0.2) is 0 Å². The smallest absolute Gasteiger partial charge is 0.252 e. The van der Waals surface area contributed by atoms with Gasteiger partial charge in [-0.1, -0.05) is 17.3 Å². The predicted molar refractivity (Wildman–Crippen MR) is 99.8 cm³/mol. The average Bonchev–Trinajstić information content (AvgIpc) is 2.84. The van der Waals surface area contributed by atoms with Gasteiger partial charge in [-0.3, -0.25) is 4.79 Å². The molecule has 1 unspecified atom stereocenters. The molecule has 0 aliphatic heterocycles. The van der Waals surface area contributed by atoms with Gasteiger partial charge < -0.3 is 15.6 Å². The number of aromatic nitrogens is 1. The molecule has 0 bridgehead atoms. The van der Waals surface area contributed by atoms with E-state index in [1.165, 1.54) is 0 Å². The Morgan fingerprint density at radius 3 is 2.71 bits per heavy atom. The number of benzene rings is 1. The Morgan fingerprint density at radius 2 is 2.08 bits per heavy atom. The molecule has 1 atom stereocenters. The van der Waals surface area contributed by atoms with Crippen molar-refractivity contribution < 1.29 is 9.32 Å². The summed E-state index contributed by atoms with van der Waals surface area (Å²) >= 11 is 1.62. The lowest BCUT2D eigenvalue weighted by Crippen LogP contribution is -2.29. The van der Waals surface area contributed by atoms with E-state index < -0.39 is 0 Å². The first-order valence-electron chi connectivity index (χ1n) is 7.66. The van der Waals surface area contributed by atoms with E-state index in [-0.39, 0.29) is 24.4 Å². The number of nitrogens with two attached hydrogens (primary N) is 1. The summed E-state index contributed by atoms with van der Waals surface area (Å²) in [5, 5.41) is 6.89. The molecule has 0 saturated heterocycles. The monoisotopic (exact) mass is 369 g/mol. The topological polar surface area (TPSA) is 81.2 Å². The molecule has 0 aliphatic carbocycles. The van der Waals surface area contributed by atoms with E-state index in [1.54, 1.807) is 11.8 Å². The van der Waals surface area contributed by atoms with E-state index in [1.807, 2.05) is 45.0 Å². The second kappa shape index (κ2) is 9.71. The molecule has 0 radical (unpaired) electrons. The average molecular weight is 370 g/mol. The van der Waals surface area contributed by atoms with Crippen LogP contribution >= 0.6 is 24.2 Å². The predicted octanol–water partition coefficient (Wildman–Crippen LogP) is 3.47. The van der Waals surface area contributed by atoms with E-state index in [0.29, 0.717) is 12.1 Å². The molecule has 1 aromatic heterocycles. The highest BCUT2D eigenvalue weighted by Gasteiger charge is 2.14. The van der Waals surface area contributed by atoms with Crippen molar-refractivity contribution in [3.8, 4) is 0 Å². The number of aryl methyl sites for hydroxylation is 2. The summed E-state index contributed by atoms with van der Waals surface area (Å²) in [7, 11) is 0. The number of carbonyl (C=O) groups excluding carboxylic acids is 1. The Bertz CT molecular complexity index is 654. The van der Waals surface area contributed by atoms with Crippen LogP contribution in [0.5, 0.6) is 0 Å². The molecule has 7 heteroatoms. The van der Waals surface area contributed by atoms with Gasteiger partial charge in [-0.15, -0.1) is 24.2 Å². The number of amides is 1. The van der Waals surface area contributed by atoms with Gasteiger partial charge in [0.05, 0.1) is 11.3 Å². The maximum atomic E-state index is 12.3. The van der Waals surface area contributed by atoms with Crippen molar-refractivity contribution in [3.63, 3.8) is 0 Å². The first-order chi connectivity index (χ1) is 11.0. The van der Waals surface area contributed by atoms with E-state index in [9.17, 15) is 4.79 Å². The summed E-state index contributed by atoms with van der Waals surface area (Å²) in [5.74, 6) is 1.49. The lowest BCUT2D eigenvalue weighted by Gasteiger charge is -2.11. The lowest BCUT2D eigenvalue weighted by atomic mass is 10.2. The van der Waals surface area contributed by atoms with Gasteiger partial charge in [-0.05, 0) is 39.3 Å². The minimum atomic E-state index is -0.0625. The highest BCUT2D eigenvalue weighted by Crippen LogP contribution is 2.28. The Morgan fingerprint density at radius 1 is 1.38 bits per heavy atom. The Hall–Kier alpha value is -1.50. The van der Waals surface area contributed by atoms with Gasteiger partial charge in [-0.2, -0.15) is 0 Å². The van der Waals surface area contributed by atoms with Crippen LogP contribution in [0.2, 0.25) is 0 Å². The van der Waals surface area contributed by atoms with E-state index in [2.05, 4.69) is 10.5 Å². The first kappa shape index (κ1) is 20.5. The second-order valence-corrected chi connectivity index (χ2v) is 6.63.